The van der Waals surface area contributed by atoms with Crippen molar-refractivity contribution in [1.29, 1.82) is 0 Å². The highest BCUT2D eigenvalue weighted by Gasteiger charge is 2.39. The molecule has 4 heteroatoms. The Bertz CT molecular complexity index is 667. The van der Waals surface area contributed by atoms with Gasteiger partial charge in [-0.05, 0) is 79.9 Å². The Morgan fingerprint density at radius 1 is 0.893 bits per heavy atom. The molecule has 0 bridgehead atoms. The average Bonchev–Trinajstić information content (AvgIpc) is 2.72. The van der Waals surface area contributed by atoms with Gasteiger partial charge in [-0.3, -0.25) is 0 Å². The number of alkyl halides is 3. The first-order valence-corrected chi connectivity index (χ1v) is 11.4. The molecule has 1 atom stereocenters. The van der Waals surface area contributed by atoms with Gasteiger partial charge in [0.05, 0.1) is 11.7 Å². The molecule has 1 nitrogen and oxygen atoms in total. The minimum Gasteiger partial charge on any atom is -0.490 e. The summed E-state index contributed by atoms with van der Waals surface area (Å²) in [5.74, 6) is 2.04. The minimum absolute atomic E-state index is 0.0922. The summed E-state index contributed by atoms with van der Waals surface area (Å²) < 4.78 is 47.1. The van der Waals surface area contributed by atoms with Gasteiger partial charge in [0.1, 0.15) is 5.75 Å². The van der Waals surface area contributed by atoms with Gasteiger partial charge in [0.15, 0.2) is 0 Å². The van der Waals surface area contributed by atoms with Crippen LogP contribution in [0.2, 0.25) is 0 Å². The molecule has 4 rings (SSSR count). The Hall–Kier alpha value is -1.19. The number of rotatable bonds is 3. The van der Waals surface area contributed by atoms with E-state index in [1.54, 1.807) is 0 Å². The third-order valence-corrected chi connectivity index (χ3v) is 7.53. The molecule has 1 aromatic carbocycles. The van der Waals surface area contributed by atoms with Gasteiger partial charge in [-0.25, -0.2) is 0 Å². The largest absolute Gasteiger partial charge is 0.490 e. The molecule has 0 saturated heterocycles. The van der Waals surface area contributed by atoms with E-state index in [-0.39, 0.29) is 17.8 Å². The van der Waals surface area contributed by atoms with E-state index < -0.39 is 11.7 Å². The van der Waals surface area contributed by atoms with Crippen LogP contribution in [-0.4, -0.2) is 6.10 Å². The average molecular weight is 395 g/mol. The van der Waals surface area contributed by atoms with Crippen molar-refractivity contribution in [3.05, 3.63) is 28.8 Å². The molecule has 0 N–H and O–H groups in total. The van der Waals surface area contributed by atoms with Crippen molar-refractivity contribution >= 4 is 0 Å². The normalized spacial score (nSPS) is 29.2. The Kier molecular flexibility index (Phi) is 5.94. The molecule has 0 amide bonds. The summed E-state index contributed by atoms with van der Waals surface area (Å²) in [4.78, 5) is 0. The van der Waals surface area contributed by atoms with Crippen LogP contribution in [0.25, 0.3) is 0 Å². The van der Waals surface area contributed by atoms with Gasteiger partial charge < -0.3 is 4.74 Å². The third-order valence-electron chi connectivity index (χ3n) is 7.53. The number of aryl methyl sites for hydroxylation is 1. The summed E-state index contributed by atoms with van der Waals surface area (Å²) in [5.41, 5.74) is 1.11. The molecule has 1 aliphatic heterocycles. The van der Waals surface area contributed by atoms with E-state index in [1.807, 2.05) is 13.0 Å². The maximum Gasteiger partial charge on any atom is 0.419 e. The van der Waals surface area contributed by atoms with Crippen molar-refractivity contribution < 1.29 is 17.9 Å². The topological polar surface area (TPSA) is 9.23 Å². The first kappa shape index (κ1) is 20.1. The molecule has 0 radical (unpaired) electrons. The quantitative estimate of drug-likeness (QED) is 0.511. The molecule has 28 heavy (non-hydrogen) atoms. The number of hydrogen-bond donors (Lipinski definition) is 0. The maximum absolute atomic E-state index is 13.8. The van der Waals surface area contributed by atoms with Crippen LogP contribution in [0.1, 0.15) is 100 Å². The summed E-state index contributed by atoms with van der Waals surface area (Å²) in [6.45, 7) is 1.97. The van der Waals surface area contributed by atoms with Gasteiger partial charge in [0.2, 0.25) is 0 Å². The van der Waals surface area contributed by atoms with Gasteiger partial charge >= 0.3 is 6.18 Å². The molecular weight excluding hydrogens is 361 g/mol. The van der Waals surface area contributed by atoms with Gasteiger partial charge in [-0.2, -0.15) is 13.2 Å². The standard InChI is InChI=1S/C24H33F3O/c1-2-21-13-12-19-14-20(15-22(23(19)28-21)24(25,26)27)18-10-8-17(9-11-18)16-6-4-3-5-7-16/h14-18,21H,2-13H2,1H3. The fourth-order valence-corrected chi connectivity index (χ4v) is 5.84. The SMILES string of the molecule is CCC1CCc2cc(C3CCC(C4CCCCC4)CC3)cc(C(F)(F)F)c2O1. The Morgan fingerprint density at radius 3 is 2.21 bits per heavy atom. The van der Waals surface area contributed by atoms with E-state index >= 15 is 0 Å². The van der Waals surface area contributed by atoms with Crippen molar-refractivity contribution in [1.82, 2.24) is 0 Å². The van der Waals surface area contributed by atoms with Crippen LogP contribution >= 0.6 is 0 Å². The van der Waals surface area contributed by atoms with Crippen molar-refractivity contribution in [2.75, 3.05) is 0 Å². The number of benzene rings is 1. The molecule has 2 aliphatic carbocycles. The Morgan fingerprint density at radius 2 is 1.57 bits per heavy atom. The van der Waals surface area contributed by atoms with E-state index in [1.165, 1.54) is 51.0 Å². The first-order chi connectivity index (χ1) is 13.5. The second-order valence-electron chi connectivity index (χ2n) is 9.25. The molecule has 0 spiro atoms. The van der Waals surface area contributed by atoms with E-state index in [0.717, 1.165) is 48.6 Å². The molecule has 156 valence electrons. The minimum atomic E-state index is -4.35. The summed E-state index contributed by atoms with van der Waals surface area (Å²) in [7, 11) is 0. The highest BCUT2D eigenvalue weighted by molar-refractivity contribution is 5.48. The zero-order valence-electron chi connectivity index (χ0n) is 17.0. The lowest BCUT2D eigenvalue weighted by Gasteiger charge is -2.36. The van der Waals surface area contributed by atoms with Crippen molar-refractivity contribution in [2.45, 2.75) is 102 Å². The number of halogens is 3. The summed E-state index contributed by atoms with van der Waals surface area (Å²) >= 11 is 0. The summed E-state index contributed by atoms with van der Waals surface area (Å²) in [5, 5.41) is 0. The van der Waals surface area contributed by atoms with Crippen LogP contribution < -0.4 is 4.74 Å². The molecular formula is C24H33F3O. The first-order valence-electron chi connectivity index (χ1n) is 11.4. The lowest BCUT2D eigenvalue weighted by atomic mass is 9.69. The van der Waals surface area contributed by atoms with Crippen LogP contribution in [0.5, 0.6) is 5.75 Å². The Balaban J connectivity index is 1.52. The maximum atomic E-state index is 13.8. The molecule has 0 aromatic heterocycles. The second kappa shape index (κ2) is 8.28. The smallest absolute Gasteiger partial charge is 0.419 e. The number of fused-ring (bicyclic) bond motifs is 1. The van der Waals surface area contributed by atoms with E-state index in [4.69, 9.17) is 4.74 Å². The van der Waals surface area contributed by atoms with Gasteiger partial charge in [-0.1, -0.05) is 45.1 Å². The zero-order chi connectivity index (χ0) is 19.7. The van der Waals surface area contributed by atoms with Crippen LogP contribution in [-0.2, 0) is 12.6 Å². The monoisotopic (exact) mass is 394 g/mol. The highest BCUT2D eigenvalue weighted by atomic mass is 19.4. The van der Waals surface area contributed by atoms with Gasteiger partial charge in [0.25, 0.3) is 0 Å². The predicted octanol–water partition coefficient (Wildman–Crippen LogP) is 7.66. The van der Waals surface area contributed by atoms with E-state index in [9.17, 15) is 13.2 Å². The molecule has 1 unspecified atom stereocenters. The lowest BCUT2D eigenvalue weighted by molar-refractivity contribution is -0.139. The van der Waals surface area contributed by atoms with E-state index in [0.29, 0.717) is 6.42 Å². The molecule has 2 fully saturated rings. The lowest BCUT2D eigenvalue weighted by Crippen LogP contribution is -2.26. The summed E-state index contributed by atoms with van der Waals surface area (Å²) in [6.07, 6.45) is 9.10. The van der Waals surface area contributed by atoms with Crippen molar-refractivity contribution in [3.8, 4) is 5.75 Å². The van der Waals surface area contributed by atoms with Crippen molar-refractivity contribution in [2.24, 2.45) is 11.8 Å². The number of ether oxygens (including phenoxy) is 1. The predicted molar refractivity (Wildman–Crippen MR) is 106 cm³/mol. The van der Waals surface area contributed by atoms with Crippen molar-refractivity contribution in [3.63, 3.8) is 0 Å². The third kappa shape index (κ3) is 4.21. The van der Waals surface area contributed by atoms with Gasteiger partial charge in [-0.15, -0.1) is 0 Å². The molecule has 2 saturated carbocycles. The van der Waals surface area contributed by atoms with Gasteiger partial charge in [0, 0.05) is 0 Å². The molecule has 3 aliphatic rings. The van der Waals surface area contributed by atoms with Crippen LogP contribution in [0, 0.1) is 11.8 Å². The highest BCUT2D eigenvalue weighted by Crippen LogP contribution is 2.47. The Labute approximate surface area is 167 Å². The second-order valence-corrected chi connectivity index (χ2v) is 9.25. The van der Waals surface area contributed by atoms with E-state index in [2.05, 4.69) is 0 Å². The van der Waals surface area contributed by atoms with Crippen LogP contribution in [0.15, 0.2) is 12.1 Å². The molecule has 1 heterocycles. The van der Waals surface area contributed by atoms with Crippen LogP contribution in [0.4, 0.5) is 13.2 Å². The zero-order valence-corrected chi connectivity index (χ0v) is 17.0. The van der Waals surface area contributed by atoms with Crippen LogP contribution in [0.3, 0.4) is 0 Å². The number of hydrogen-bond acceptors (Lipinski definition) is 1. The fourth-order valence-electron chi connectivity index (χ4n) is 5.84. The molecule has 1 aromatic rings. The fraction of sp³-hybridized carbons (Fsp3) is 0.750. The summed E-state index contributed by atoms with van der Waals surface area (Å²) in [6, 6.07) is 3.44.